The van der Waals surface area contributed by atoms with Crippen molar-refractivity contribution in [3.05, 3.63) is 26.7 Å². The highest BCUT2D eigenvalue weighted by Gasteiger charge is 2.22. The summed E-state index contributed by atoms with van der Waals surface area (Å²) in [4.78, 5) is 29.2. The van der Waals surface area contributed by atoms with Crippen LogP contribution in [0.15, 0.2) is 9.59 Å². The Labute approximate surface area is 129 Å². The molecule has 0 saturated carbocycles. The fraction of sp³-hybridized carbons (Fsp3) is 0.667. The Morgan fingerprint density at radius 3 is 2.36 bits per heavy atom. The van der Waals surface area contributed by atoms with Crippen LogP contribution in [0.5, 0.6) is 0 Å². The standard InChI is InChI=1S/C15H25N5O2/c1-6-7-8-10-17-12-11(20(10)9-15(2,3)16)13(21)19(5)14(22)18(12)4/h6-9,16H2,1-5H3. The van der Waals surface area contributed by atoms with Gasteiger partial charge in [0, 0.05) is 32.6 Å². The van der Waals surface area contributed by atoms with Crippen LogP contribution in [0, 0.1) is 0 Å². The van der Waals surface area contributed by atoms with Crippen LogP contribution in [0.1, 0.15) is 39.4 Å². The van der Waals surface area contributed by atoms with Gasteiger partial charge in [0.1, 0.15) is 5.82 Å². The Bertz CT molecular complexity index is 804. The van der Waals surface area contributed by atoms with Gasteiger partial charge < -0.3 is 10.3 Å². The van der Waals surface area contributed by atoms with E-state index < -0.39 is 5.54 Å². The van der Waals surface area contributed by atoms with Crippen molar-refractivity contribution < 1.29 is 0 Å². The van der Waals surface area contributed by atoms with Crippen molar-refractivity contribution in [3.8, 4) is 0 Å². The molecule has 122 valence electrons. The van der Waals surface area contributed by atoms with Gasteiger partial charge in [0.05, 0.1) is 0 Å². The molecule has 0 saturated heterocycles. The van der Waals surface area contributed by atoms with E-state index in [0.717, 1.165) is 29.7 Å². The van der Waals surface area contributed by atoms with Crippen molar-refractivity contribution in [1.29, 1.82) is 0 Å². The Morgan fingerprint density at radius 2 is 1.82 bits per heavy atom. The molecule has 0 spiro atoms. The van der Waals surface area contributed by atoms with Gasteiger partial charge in [0.2, 0.25) is 0 Å². The monoisotopic (exact) mass is 307 g/mol. The summed E-state index contributed by atoms with van der Waals surface area (Å²) >= 11 is 0. The third-order valence-corrected chi connectivity index (χ3v) is 3.75. The van der Waals surface area contributed by atoms with E-state index in [1.165, 1.54) is 11.6 Å². The molecule has 22 heavy (non-hydrogen) atoms. The van der Waals surface area contributed by atoms with E-state index in [0.29, 0.717) is 17.7 Å². The van der Waals surface area contributed by atoms with E-state index in [1.54, 1.807) is 7.05 Å². The van der Waals surface area contributed by atoms with E-state index >= 15 is 0 Å². The zero-order valence-electron chi connectivity index (χ0n) is 14.0. The zero-order valence-corrected chi connectivity index (χ0v) is 14.0. The SMILES string of the molecule is CCCCc1nc2c(c(=O)n(C)c(=O)n2C)n1CC(C)(C)N. The van der Waals surface area contributed by atoms with Crippen LogP contribution in [0.3, 0.4) is 0 Å². The van der Waals surface area contributed by atoms with Crippen LogP contribution in [0.25, 0.3) is 11.2 Å². The molecule has 0 fully saturated rings. The Hall–Kier alpha value is -1.89. The molecule has 7 heteroatoms. The first kappa shape index (κ1) is 16.5. The summed E-state index contributed by atoms with van der Waals surface area (Å²) in [5.41, 5.74) is 5.87. The van der Waals surface area contributed by atoms with Crippen LogP contribution in [-0.2, 0) is 27.1 Å². The van der Waals surface area contributed by atoms with Gasteiger partial charge in [-0.1, -0.05) is 13.3 Å². The van der Waals surface area contributed by atoms with Crippen molar-refractivity contribution in [3.63, 3.8) is 0 Å². The lowest BCUT2D eigenvalue weighted by atomic mass is 10.1. The molecule has 2 aromatic heterocycles. The predicted molar refractivity (Wildman–Crippen MR) is 87.1 cm³/mol. The average Bonchev–Trinajstić information content (AvgIpc) is 2.77. The molecule has 0 atom stereocenters. The quantitative estimate of drug-likeness (QED) is 0.872. The minimum atomic E-state index is -0.478. The van der Waals surface area contributed by atoms with Crippen LogP contribution in [-0.4, -0.2) is 24.2 Å². The van der Waals surface area contributed by atoms with E-state index in [-0.39, 0.29) is 11.2 Å². The molecular weight excluding hydrogens is 282 g/mol. The Kier molecular flexibility index (Phi) is 4.28. The molecule has 0 unspecified atom stereocenters. The number of rotatable bonds is 5. The highest BCUT2D eigenvalue weighted by Crippen LogP contribution is 2.16. The van der Waals surface area contributed by atoms with Crippen LogP contribution < -0.4 is 17.0 Å². The van der Waals surface area contributed by atoms with Crippen molar-refractivity contribution in [2.45, 2.75) is 52.1 Å². The van der Waals surface area contributed by atoms with Gasteiger partial charge >= 0.3 is 5.69 Å². The zero-order chi connectivity index (χ0) is 16.7. The van der Waals surface area contributed by atoms with E-state index in [1.807, 2.05) is 18.4 Å². The second-order valence-electron chi connectivity index (χ2n) is 6.58. The fourth-order valence-corrected chi connectivity index (χ4v) is 2.60. The minimum Gasteiger partial charge on any atom is -0.324 e. The first-order chi connectivity index (χ1) is 10.2. The third-order valence-electron chi connectivity index (χ3n) is 3.75. The number of aromatic nitrogens is 4. The number of hydrogen-bond donors (Lipinski definition) is 1. The molecule has 0 aliphatic rings. The minimum absolute atomic E-state index is 0.322. The number of nitrogens with two attached hydrogens (primary N) is 1. The Morgan fingerprint density at radius 1 is 1.18 bits per heavy atom. The molecule has 0 aliphatic heterocycles. The molecule has 0 bridgehead atoms. The van der Waals surface area contributed by atoms with Crippen molar-refractivity contribution in [1.82, 2.24) is 18.7 Å². The van der Waals surface area contributed by atoms with Crippen LogP contribution in [0.2, 0.25) is 0 Å². The van der Waals surface area contributed by atoms with Gasteiger partial charge in [-0.25, -0.2) is 9.78 Å². The first-order valence-corrected chi connectivity index (χ1v) is 7.61. The second-order valence-corrected chi connectivity index (χ2v) is 6.58. The van der Waals surface area contributed by atoms with Gasteiger partial charge in [0.25, 0.3) is 5.56 Å². The topological polar surface area (TPSA) is 87.8 Å². The van der Waals surface area contributed by atoms with Gasteiger partial charge in [-0.2, -0.15) is 0 Å². The van der Waals surface area contributed by atoms with Gasteiger partial charge in [-0.15, -0.1) is 0 Å². The predicted octanol–water partition coefficient (Wildman–Crippen LogP) is 0.514. The summed E-state index contributed by atoms with van der Waals surface area (Å²) in [6, 6.07) is 0. The van der Waals surface area contributed by atoms with Crippen molar-refractivity contribution in [2.24, 2.45) is 19.8 Å². The summed E-state index contributed by atoms with van der Waals surface area (Å²) in [6.07, 6.45) is 2.77. The maximum atomic E-state index is 12.5. The highest BCUT2D eigenvalue weighted by atomic mass is 16.2. The fourth-order valence-electron chi connectivity index (χ4n) is 2.60. The van der Waals surface area contributed by atoms with Gasteiger partial charge in [-0.05, 0) is 20.3 Å². The molecule has 7 nitrogen and oxygen atoms in total. The summed E-state index contributed by atoms with van der Waals surface area (Å²) in [5, 5.41) is 0. The molecule has 0 aliphatic carbocycles. The maximum Gasteiger partial charge on any atom is 0.332 e. The Balaban J connectivity index is 2.82. The maximum absolute atomic E-state index is 12.5. The third kappa shape index (κ3) is 2.85. The van der Waals surface area contributed by atoms with Gasteiger partial charge in [-0.3, -0.25) is 13.9 Å². The lowest BCUT2D eigenvalue weighted by Gasteiger charge is -2.21. The molecule has 0 aromatic carbocycles. The van der Waals surface area contributed by atoms with Crippen molar-refractivity contribution >= 4 is 11.2 Å². The van der Waals surface area contributed by atoms with Crippen LogP contribution >= 0.6 is 0 Å². The van der Waals surface area contributed by atoms with E-state index in [4.69, 9.17) is 5.73 Å². The molecule has 2 rings (SSSR count). The largest absolute Gasteiger partial charge is 0.332 e. The van der Waals surface area contributed by atoms with Gasteiger partial charge in [0.15, 0.2) is 11.2 Å². The number of imidazole rings is 1. The summed E-state index contributed by atoms with van der Waals surface area (Å²) in [5.74, 6) is 0.814. The summed E-state index contributed by atoms with van der Waals surface area (Å²) in [6.45, 7) is 6.41. The summed E-state index contributed by atoms with van der Waals surface area (Å²) < 4.78 is 4.42. The number of nitrogens with zero attached hydrogens (tertiary/aromatic N) is 4. The number of fused-ring (bicyclic) bond motifs is 1. The molecule has 0 radical (unpaired) electrons. The normalized spacial score (nSPS) is 12.3. The lowest BCUT2D eigenvalue weighted by molar-refractivity contribution is 0.429. The van der Waals surface area contributed by atoms with E-state index in [9.17, 15) is 9.59 Å². The lowest BCUT2D eigenvalue weighted by Crippen LogP contribution is -2.40. The molecular formula is C15H25N5O2. The second kappa shape index (κ2) is 5.72. The number of unbranched alkanes of at least 4 members (excludes halogenated alkanes) is 1. The molecule has 0 amide bonds. The van der Waals surface area contributed by atoms with E-state index in [2.05, 4.69) is 11.9 Å². The number of hydrogen-bond acceptors (Lipinski definition) is 4. The molecule has 2 aromatic rings. The van der Waals surface area contributed by atoms with Crippen molar-refractivity contribution in [2.75, 3.05) is 0 Å². The molecule has 2 heterocycles. The van der Waals surface area contributed by atoms with Crippen LogP contribution in [0.4, 0.5) is 0 Å². The number of aryl methyl sites for hydroxylation is 2. The average molecular weight is 307 g/mol. The first-order valence-electron chi connectivity index (χ1n) is 7.61. The highest BCUT2D eigenvalue weighted by molar-refractivity contribution is 5.71. The molecule has 2 N–H and O–H groups in total. The summed E-state index contributed by atoms with van der Waals surface area (Å²) in [7, 11) is 3.12. The smallest absolute Gasteiger partial charge is 0.324 e.